The molecule has 26 heavy (non-hydrogen) atoms. The average Bonchev–Trinajstić information content (AvgIpc) is 2.59. The van der Waals surface area contributed by atoms with Crippen LogP contribution < -0.4 is 5.32 Å². The van der Waals surface area contributed by atoms with E-state index in [-0.39, 0.29) is 34.5 Å². The molecule has 2 unspecified atom stereocenters. The average molecular weight is 376 g/mol. The van der Waals surface area contributed by atoms with Crippen LogP contribution in [0.2, 0.25) is 5.02 Å². The summed E-state index contributed by atoms with van der Waals surface area (Å²) in [5.41, 5.74) is 1.41. The van der Waals surface area contributed by atoms with Crippen LogP contribution in [0.15, 0.2) is 36.4 Å². The van der Waals surface area contributed by atoms with Gasteiger partial charge in [-0.2, -0.15) is 0 Å². The highest BCUT2D eigenvalue weighted by molar-refractivity contribution is 6.32. The van der Waals surface area contributed by atoms with Crippen LogP contribution in [0.5, 0.6) is 5.75 Å². The topological polar surface area (TPSA) is 95.9 Å². The van der Waals surface area contributed by atoms with Gasteiger partial charge in [-0.1, -0.05) is 41.9 Å². The monoisotopic (exact) mass is 375 g/mol. The van der Waals surface area contributed by atoms with Gasteiger partial charge in [0.05, 0.1) is 5.69 Å². The Kier molecular flexibility index (Phi) is 5.04. The van der Waals surface area contributed by atoms with E-state index in [0.717, 1.165) is 5.56 Å². The molecule has 1 aliphatic rings. The number of hydrogen-bond donors (Lipinski definition) is 3. The normalized spacial score (nSPS) is 17.2. The van der Waals surface area contributed by atoms with Gasteiger partial charge in [0.15, 0.2) is 5.75 Å². The second kappa shape index (κ2) is 7.25. The number of halogens is 1. The molecule has 6 nitrogen and oxygen atoms in total. The number of nitrogens with one attached hydrogen (secondary N) is 1. The molecule has 0 aliphatic carbocycles. The number of carbonyl (C=O) groups is 2. The third-order valence-electron chi connectivity index (χ3n) is 4.27. The van der Waals surface area contributed by atoms with E-state index < -0.39 is 18.0 Å². The number of aliphatic carboxylic acids is 1. The summed E-state index contributed by atoms with van der Waals surface area (Å²) in [6.07, 6.45) is 0.252. The molecule has 3 rings (SSSR count). The first-order valence-electron chi connectivity index (χ1n) is 8.15. The van der Waals surface area contributed by atoms with Crippen LogP contribution in [0.3, 0.4) is 0 Å². The maximum atomic E-state index is 12.1. The van der Waals surface area contributed by atoms with Gasteiger partial charge in [0.25, 0.3) is 0 Å². The lowest BCUT2D eigenvalue weighted by Crippen LogP contribution is -2.32. The number of benzene rings is 2. The number of esters is 1. The predicted molar refractivity (Wildman–Crippen MR) is 96.9 cm³/mol. The molecule has 0 bridgehead atoms. The number of ether oxygens (including phenoxy) is 1. The Bertz CT molecular complexity index is 853. The summed E-state index contributed by atoms with van der Waals surface area (Å²) in [5.74, 6) is -2.10. The van der Waals surface area contributed by atoms with Crippen molar-refractivity contribution < 1.29 is 24.5 Å². The molecule has 0 saturated carbocycles. The molecule has 2 aromatic rings. The molecular formula is C19H18ClNO5. The van der Waals surface area contributed by atoms with E-state index in [4.69, 9.17) is 16.3 Å². The third-order valence-corrected chi connectivity index (χ3v) is 4.60. The summed E-state index contributed by atoms with van der Waals surface area (Å²) in [6.45, 7) is 1.74. The number of carboxylic acid groups (broad SMARTS) is 1. The summed E-state index contributed by atoms with van der Waals surface area (Å²) in [6, 6.07) is 9.55. The number of aromatic hydroxyl groups is 1. The first kappa shape index (κ1) is 18.1. The number of carboxylic acids is 1. The fourth-order valence-electron chi connectivity index (χ4n) is 3.02. The number of cyclic esters (lactones) is 1. The first-order chi connectivity index (χ1) is 12.4. The molecule has 136 valence electrons. The van der Waals surface area contributed by atoms with Crippen LogP contribution in [0.4, 0.5) is 5.69 Å². The molecule has 0 saturated heterocycles. The number of carbonyl (C=O) groups excluding carboxylic acids is 1. The van der Waals surface area contributed by atoms with Crippen LogP contribution in [0.1, 0.15) is 28.4 Å². The lowest BCUT2D eigenvalue weighted by Gasteiger charge is -2.25. The maximum Gasteiger partial charge on any atom is 0.342 e. The molecule has 2 atom stereocenters. The van der Waals surface area contributed by atoms with Crippen molar-refractivity contribution in [2.75, 3.05) is 5.32 Å². The molecule has 1 aliphatic heterocycles. The highest BCUT2D eigenvalue weighted by atomic mass is 35.5. The second-order valence-electron chi connectivity index (χ2n) is 6.25. The van der Waals surface area contributed by atoms with Gasteiger partial charge in [-0.25, -0.2) is 9.59 Å². The minimum atomic E-state index is -1.08. The van der Waals surface area contributed by atoms with E-state index in [1.165, 1.54) is 6.07 Å². The third kappa shape index (κ3) is 3.60. The Morgan fingerprint density at radius 1 is 1.38 bits per heavy atom. The largest absolute Gasteiger partial charge is 0.505 e. The Balaban J connectivity index is 1.93. The number of anilines is 1. The van der Waals surface area contributed by atoms with Gasteiger partial charge in [-0.3, -0.25) is 0 Å². The zero-order valence-corrected chi connectivity index (χ0v) is 14.8. The first-order valence-corrected chi connectivity index (χ1v) is 8.53. The van der Waals surface area contributed by atoms with Crippen molar-refractivity contribution in [2.24, 2.45) is 0 Å². The zero-order chi connectivity index (χ0) is 18.8. The Morgan fingerprint density at radius 3 is 2.73 bits per heavy atom. The lowest BCUT2D eigenvalue weighted by molar-refractivity contribution is -0.137. The number of fused-ring (bicyclic) bond motifs is 1. The van der Waals surface area contributed by atoms with Crippen LogP contribution in [0.25, 0.3) is 0 Å². The number of phenols is 1. The van der Waals surface area contributed by atoms with Crippen molar-refractivity contribution in [1.82, 2.24) is 0 Å². The second-order valence-corrected chi connectivity index (χ2v) is 6.66. The van der Waals surface area contributed by atoms with Crippen LogP contribution >= 0.6 is 11.6 Å². The maximum absolute atomic E-state index is 12.1. The summed E-state index contributed by atoms with van der Waals surface area (Å²) in [4.78, 5) is 23.8. The predicted octanol–water partition coefficient (Wildman–Crippen LogP) is 3.25. The Morgan fingerprint density at radius 2 is 2.08 bits per heavy atom. The van der Waals surface area contributed by atoms with Crippen molar-refractivity contribution >= 4 is 29.2 Å². The molecule has 0 amide bonds. The van der Waals surface area contributed by atoms with E-state index in [1.807, 2.05) is 30.3 Å². The van der Waals surface area contributed by atoms with Gasteiger partial charge in [-0.05, 0) is 24.1 Å². The molecule has 0 fully saturated rings. The van der Waals surface area contributed by atoms with Crippen molar-refractivity contribution in [3.8, 4) is 5.75 Å². The van der Waals surface area contributed by atoms with E-state index in [0.29, 0.717) is 12.0 Å². The highest BCUT2D eigenvalue weighted by Gasteiger charge is 2.31. The summed E-state index contributed by atoms with van der Waals surface area (Å²) in [7, 11) is 0. The lowest BCUT2D eigenvalue weighted by atomic mass is 9.96. The summed E-state index contributed by atoms with van der Waals surface area (Å²) >= 11 is 6.27. The Hall–Kier alpha value is -2.73. The van der Waals surface area contributed by atoms with E-state index in [1.54, 1.807) is 6.92 Å². The van der Waals surface area contributed by atoms with Crippen molar-refractivity contribution in [3.05, 3.63) is 58.1 Å². The molecule has 0 radical (unpaired) electrons. The van der Waals surface area contributed by atoms with Gasteiger partial charge < -0.3 is 20.3 Å². The van der Waals surface area contributed by atoms with Gasteiger partial charge in [0, 0.05) is 17.9 Å². The highest BCUT2D eigenvalue weighted by Crippen LogP contribution is 2.39. The fraction of sp³-hybridized carbons (Fsp3) is 0.263. The molecule has 2 aromatic carbocycles. The molecule has 0 spiro atoms. The zero-order valence-electron chi connectivity index (χ0n) is 14.0. The fourth-order valence-corrected chi connectivity index (χ4v) is 3.30. The molecule has 3 N–H and O–H groups in total. The number of rotatable bonds is 5. The van der Waals surface area contributed by atoms with Crippen LogP contribution in [-0.2, 0) is 22.4 Å². The molecular weight excluding hydrogens is 358 g/mol. The van der Waals surface area contributed by atoms with E-state index >= 15 is 0 Å². The summed E-state index contributed by atoms with van der Waals surface area (Å²) < 4.78 is 5.15. The standard InChI is InChI=1S/C19H18ClNO5/c1-10-7-12-13(20)9-14(17(22)16(12)19(25)26-10)21-15(18(23)24)8-11-5-3-2-4-6-11/h2-6,9-10,15,21-22H,7-8H2,1H3,(H,23,24). The SMILES string of the molecule is CC1Cc2c(Cl)cc(NC(Cc3ccccc3)C(=O)O)c(O)c2C(=O)O1. The molecule has 1 heterocycles. The van der Waals surface area contributed by atoms with Gasteiger partial charge in [0.2, 0.25) is 0 Å². The quantitative estimate of drug-likeness (QED) is 0.548. The van der Waals surface area contributed by atoms with Gasteiger partial charge in [0.1, 0.15) is 17.7 Å². The van der Waals surface area contributed by atoms with E-state index in [2.05, 4.69) is 5.32 Å². The van der Waals surface area contributed by atoms with Gasteiger partial charge in [-0.15, -0.1) is 0 Å². The summed E-state index contributed by atoms with van der Waals surface area (Å²) in [5, 5.41) is 23.1. The number of phenolic OH excluding ortho intramolecular Hbond substituents is 1. The van der Waals surface area contributed by atoms with Crippen LogP contribution in [-0.4, -0.2) is 34.3 Å². The van der Waals surface area contributed by atoms with Crippen molar-refractivity contribution in [1.29, 1.82) is 0 Å². The Labute approximate surface area is 155 Å². The smallest absolute Gasteiger partial charge is 0.342 e. The number of hydrogen-bond acceptors (Lipinski definition) is 5. The molecule has 7 heteroatoms. The van der Waals surface area contributed by atoms with Gasteiger partial charge >= 0.3 is 11.9 Å². The minimum absolute atomic E-state index is 0.0121. The van der Waals surface area contributed by atoms with Crippen molar-refractivity contribution in [2.45, 2.75) is 31.9 Å². The van der Waals surface area contributed by atoms with Crippen molar-refractivity contribution in [3.63, 3.8) is 0 Å². The van der Waals surface area contributed by atoms with Crippen LogP contribution in [0, 0.1) is 0 Å². The molecule has 0 aromatic heterocycles. The minimum Gasteiger partial charge on any atom is -0.505 e. The van der Waals surface area contributed by atoms with E-state index in [9.17, 15) is 19.8 Å².